The third-order valence-electron chi connectivity index (χ3n) is 3.63. The molecule has 0 radical (unpaired) electrons. The molecular weight excluding hydrogens is 248 g/mol. The normalized spacial score (nSPS) is 15.0. The summed E-state index contributed by atoms with van der Waals surface area (Å²) in [7, 11) is 1.67. The van der Waals surface area contributed by atoms with Crippen molar-refractivity contribution in [2.45, 2.75) is 60.5 Å². The van der Waals surface area contributed by atoms with Crippen molar-refractivity contribution in [3.63, 3.8) is 0 Å². The molecule has 0 aliphatic carbocycles. The van der Waals surface area contributed by atoms with Gasteiger partial charge in [0.2, 0.25) is 0 Å². The summed E-state index contributed by atoms with van der Waals surface area (Å²) in [5, 5.41) is 10.6. The summed E-state index contributed by atoms with van der Waals surface area (Å²) in [6.45, 7) is 13.0. The van der Waals surface area contributed by atoms with Gasteiger partial charge in [-0.25, -0.2) is 0 Å². The van der Waals surface area contributed by atoms with Crippen LogP contribution in [0.5, 0.6) is 5.75 Å². The van der Waals surface area contributed by atoms with E-state index >= 15 is 0 Å². The number of methoxy groups -OCH3 is 1. The van der Waals surface area contributed by atoms with E-state index in [0.29, 0.717) is 11.3 Å². The lowest BCUT2D eigenvalue weighted by molar-refractivity contribution is 0.130. The van der Waals surface area contributed by atoms with E-state index in [-0.39, 0.29) is 0 Å². The van der Waals surface area contributed by atoms with E-state index in [1.807, 2.05) is 19.9 Å². The quantitative estimate of drug-likeness (QED) is 0.837. The Morgan fingerprint density at radius 3 is 2.30 bits per heavy atom. The van der Waals surface area contributed by atoms with Crippen LogP contribution >= 0.6 is 0 Å². The Kier molecular flexibility index (Phi) is 5.64. The topological polar surface area (TPSA) is 29.5 Å². The molecule has 0 aliphatic heterocycles. The zero-order valence-electron chi connectivity index (χ0n) is 14.1. The Labute approximate surface area is 124 Å². The minimum Gasteiger partial charge on any atom is -0.496 e. The molecule has 1 rings (SSSR count). The molecule has 0 heterocycles. The first-order valence-corrected chi connectivity index (χ1v) is 7.47. The zero-order valence-corrected chi connectivity index (χ0v) is 14.1. The lowest BCUT2D eigenvalue weighted by atomic mass is 9.82. The molecule has 0 aromatic heterocycles. The molecule has 2 nitrogen and oxygen atoms in total. The van der Waals surface area contributed by atoms with Gasteiger partial charge in [0.05, 0.1) is 13.2 Å². The van der Waals surface area contributed by atoms with Crippen LogP contribution in [0, 0.1) is 25.2 Å². The van der Waals surface area contributed by atoms with Crippen LogP contribution in [0.4, 0.5) is 0 Å². The van der Waals surface area contributed by atoms with Crippen molar-refractivity contribution in [2.75, 3.05) is 7.11 Å². The summed E-state index contributed by atoms with van der Waals surface area (Å²) in [5.74, 6) is 1.29. The zero-order chi connectivity index (χ0) is 15.5. The monoisotopic (exact) mass is 278 g/mol. The maximum Gasteiger partial charge on any atom is 0.125 e. The Morgan fingerprint density at radius 2 is 1.80 bits per heavy atom. The first kappa shape index (κ1) is 17.0. The SMILES string of the molecule is COc1cc(C)cc(C)c1C(O)CC(C)CC(C)(C)C. The lowest BCUT2D eigenvalue weighted by Crippen LogP contribution is -2.14. The second kappa shape index (κ2) is 6.62. The van der Waals surface area contributed by atoms with Gasteiger partial charge in [0.25, 0.3) is 0 Å². The number of rotatable bonds is 5. The van der Waals surface area contributed by atoms with Crippen LogP contribution in [0.2, 0.25) is 0 Å². The van der Waals surface area contributed by atoms with Crippen molar-refractivity contribution < 1.29 is 9.84 Å². The second-order valence-corrected chi connectivity index (χ2v) is 7.32. The summed E-state index contributed by atoms with van der Waals surface area (Å²) >= 11 is 0. The highest BCUT2D eigenvalue weighted by molar-refractivity contribution is 5.44. The summed E-state index contributed by atoms with van der Waals surface area (Å²) in [6, 6.07) is 4.11. The predicted octanol–water partition coefficient (Wildman–Crippen LogP) is 4.81. The van der Waals surface area contributed by atoms with Crippen molar-refractivity contribution in [1.29, 1.82) is 0 Å². The fraction of sp³-hybridized carbons (Fsp3) is 0.667. The largest absolute Gasteiger partial charge is 0.496 e. The van der Waals surface area contributed by atoms with Gasteiger partial charge in [-0.2, -0.15) is 0 Å². The second-order valence-electron chi connectivity index (χ2n) is 7.32. The molecule has 2 atom stereocenters. The molecule has 114 valence electrons. The van der Waals surface area contributed by atoms with Gasteiger partial charge in [0.15, 0.2) is 0 Å². The van der Waals surface area contributed by atoms with Crippen molar-refractivity contribution in [3.8, 4) is 5.75 Å². The Balaban J connectivity index is 2.90. The van der Waals surface area contributed by atoms with E-state index in [1.165, 1.54) is 0 Å². The van der Waals surface area contributed by atoms with E-state index in [0.717, 1.165) is 35.3 Å². The van der Waals surface area contributed by atoms with Crippen molar-refractivity contribution in [3.05, 3.63) is 28.8 Å². The van der Waals surface area contributed by atoms with Crippen molar-refractivity contribution >= 4 is 0 Å². The molecular formula is C18H30O2. The Morgan fingerprint density at radius 1 is 1.20 bits per heavy atom. The fourth-order valence-electron chi connectivity index (χ4n) is 3.16. The van der Waals surface area contributed by atoms with Gasteiger partial charge in [-0.1, -0.05) is 33.8 Å². The third kappa shape index (κ3) is 4.82. The summed E-state index contributed by atoms with van der Waals surface area (Å²) in [6.07, 6.45) is 1.43. The van der Waals surface area contributed by atoms with Crippen molar-refractivity contribution in [1.82, 2.24) is 0 Å². The van der Waals surface area contributed by atoms with Gasteiger partial charge in [0.1, 0.15) is 5.75 Å². The number of benzene rings is 1. The highest BCUT2D eigenvalue weighted by Crippen LogP contribution is 2.36. The van der Waals surface area contributed by atoms with Crippen LogP contribution in [-0.2, 0) is 0 Å². The summed E-state index contributed by atoms with van der Waals surface area (Å²) in [5.41, 5.74) is 3.51. The van der Waals surface area contributed by atoms with Gasteiger partial charge in [-0.05, 0) is 55.2 Å². The van der Waals surface area contributed by atoms with E-state index in [2.05, 4.69) is 33.8 Å². The van der Waals surface area contributed by atoms with Gasteiger partial charge in [-0.15, -0.1) is 0 Å². The van der Waals surface area contributed by atoms with Crippen LogP contribution in [0.25, 0.3) is 0 Å². The molecule has 1 aromatic carbocycles. The van der Waals surface area contributed by atoms with Crippen LogP contribution < -0.4 is 4.74 Å². The highest BCUT2D eigenvalue weighted by atomic mass is 16.5. The molecule has 0 aliphatic rings. The number of aliphatic hydroxyl groups excluding tert-OH is 1. The highest BCUT2D eigenvalue weighted by Gasteiger charge is 2.22. The van der Waals surface area contributed by atoms with Gasteiger partial charge in [-0.3, -0.25) is 0 Å². The Hall–Kier alpha value is -1.02. The van der Waals surface area contributed by atoms with E-state index < -0.39 is 6.10 Å². The Bertz CT molecular complexity index is 443. The van der Waals surface area contributed by atoms with E-state index in [1.54, 1.807) is 7.11 Å². The van der Waals surface area contributed by atoms with Crippen LogP contribution in [0.15, 0.2) is 12.1 Å². The smallest absolute Gasteiger partial charge is 0.125 e. The molecule has 0 fully saturated rings. The van der Waals surface area contributed by atoms with E-state index in [4.69, 9.17) is 4.74 Å². The molecule has 0 saturated carbocycles. The van der Waals surface area contributed by atoms with Crippen LogP contribution in [0.3, 0.4) is 0 Å². The van der Waals surface area contributed by atoms with Gasteiger partial charge in [0, 0.05) is 5.56 Å². The maximum atomic E-state index is 10.6. The van der Waals surface area contributed by atoms with E-state index in [9.17, 15) is 5.11 Å². The average molecular weight is 278 g/mol. The molecule has 0 spiro atoms. The number of ether oxygens (including phenoxy) is 1. The number of hydrogen-bond donors (Lipinski definition) is 1. The molecule has 1 aromatic rings. The minimum atomic E-state index is -0.456. The first-order valence-electron chi connectivity index (χ1n) is 7.47. The van der Waals surface area contributed by atoms with Crippen molar-refractivity contribution in [2.24, 2.45) is 11.3 Å². The number of aliphatic hydroxyl groups is 1. The molecule has 2 unspecified atom stereocenters. The van der Waals surface area contributed by atoms with Gasteiger partial charge < -0.3 is 9.84 Å². The predicted molar refractivity (Wildman–Crippen MR) is 85.3 cm³/mol. The van der Waals surface area contributed by atoms with Crippen LogP contribution in [0.1, 0.15) is 63.3 Å². The lowest BCUT2D eigenvalue weighted by Gasteiger charge is -2.26. The molecule has 0 saturated heterocycles. The first-order chi connectivity index (χ1) is 9.14. The molecule has 0 bridgehead atoms. The number of hydrogen-bond acceptors (Lipinski definition) is 2. The third-order valence-corrected chi connectivity index (χ3v) is 3.63. The number of aryl methyl sites for hydroxylation is 2. The van der Waals surface area contributed by atoms with Gasteiger partial charge >= 0.3 is 0 Å². The summed E-state index contributed by atoms with van der Waals surface area (Å²) < 4.78 is 5.45. The molecule has 1 N–H and O–H groups in total. The molecule has 2 heteroatoms. The minimum absolute atomic E-state index is 0.297. The molecule has 0 amide bonds. The summed E-state index contributed by atoms with van der Waals surface area (Å²) in [4.78, 5) is 0. The fourth-order valence-corrected chi connectivity index (χ4v) is 3.16. The molecule has 20 heavy (non-hydrogen) atoms. The maximum absolute atomic E-state index is 10.6. The van der Waals surface area contributed by atoms with Crippen LogP contribution in [-0.4, -0.2) is 12.2 Å². The standard InChI is InChI=1S/C18H30O2/c1-12-8-14(3)17(16(10-12)20-7)15(19)9-13(2)11-18(4,5)6/h8,10,13,15,19H,9,11H2,1-7H3. The average Bonchev–Trinajstić information content (AvgIpc) is 2.24.